The molecule has 140 valence electrons. The molecule has 2 heterocycles. The summed E-state index contributed by atoms with van der Waals surface area (Å²) in [6.45, 7) is 4.78. The smallest absolute Gasteiger partial charge is 0.120 e. The van der Waals surface area contributed by atoms with Gasteiger partial charge in [-0.3, -0.25) is 10.00 Å². The molecule has 0 spiro atoms. The van der Waals surface area contributed by atoms with Crippen LogP contribution in [-0.4, -0.2) is 33.3 Å². The number of aromatic nitrogens is 2. The molecular formula is C22H24ClN3O. The average Bonchev–Trinajstić information content (AvgIpc) is 3.15. The summed E-state index contributed by atoms with van der Waals surface area (Å²) in [6, 6.07) is 13.8. The highest BCUT2D eigenvalue weighted by Crippen LogP contribution is 2.34. The molecule has 4 nitrogen and oxygen atoms in total. The lowest BCUT2D eigenvalue weighted by Gasteiger charge is -2.33. The summed E-state index contributed by atoms with van der Waals surface area (Å²) in [5, 5.41) is 18.4. The van der Waals surface area contributed by atoms with E-state index in [9.17, 15) is 5.11 Å². The van der Waals surface area contributed by atoms with Gasteiger partial charge < -0.3 is 5.11 Å². The largest absolute Gasteiger partial charge is 0.508 e. The van der Waals surface area contributed by atoms with E-state index in [1.165, 1.54) is 22.4 Å². The third-order valence-electron chi connectivity index (χ3n) is 5.35. The Morgan fingerprint density at radius 1 is 1.26 bits per heavy atom. The van der Waals surface area contributed by atoms with Gasteiger partial charge in [-0.1, -0.05) is 41.4 Å². The normalized spacial score (nSPS) is 17.9. The van der Waals surface area contributed by atoms with Crippen molar-refractivity contribution in [3.05, 3.63) is 70.5 Å². The monoisotopic (exact) mass is 381 g/mol. The first-order chi connectivity index (χ1) is 13.1. The van der Waals surface area contributed by atoms with Crippen LogP contribution in [0, 0.1) is 6.92 Å². The van der Waals surface area contributed by atoms with Crippen LogP contribution < -0.4 is 0 Å². The second-order valence-electron chi connectivity index (χ2n) is 7.41. The Balaban J connectivity index is 1.54. The number of benzene rings is 2. The van der Waals surface area contributed by atoms with Crippen LogP contribution in [0.3, 0.4) is 0 Å². The van der Waals surface area contributed by atoms with Crippen molar-refractivity contribution < 1.29 is 5.11 Å². The Morgan fingerprint density at radius 2 is 2.15 bits per heavy atom. The highest BCUT2D eigenvalue weighted by Gasteiger charge is 2.25. The standard InChI is InChI=1S/C22H24ClN3O/c1-15-4-2-5-16(10-15)20-12-24-25-22(20)17-6-3-9-26(13-17)14-18-11-19(23)7-8-21(18)27/h2,4-5,7-8,10-12,17,27H,3,6,9,13-14H2,1H3,(H,24,25)/t17-/m1/s1. The number of phenols is 1. The van der Waals surface area contributed by atoms with Gasteiger partial charge in [0.25, 0.3) is 0 Å². The van der Waals surface area contributed by atoms with Gasteiger partial charge in [0.15, 0.2) is 0 Å². The first-order valence-electron chi connectivity index (χ1n) is 9.40. The average molecular weight is 382 g/mol. The molecule has 1 fully saturated rings. The third kappa shape index (κ3) is 4.02. The number of piperidine rings is 1. The van der Waals surface area contributed by atoms with Gasteiger partial charge in [-0.05, 0) is 50.1 Å². The van der Waals surface area contributed by atoms with E-state index in [4.69, 9.17) is 11.6 Å². The number of nitrogens with one attached hydrogen (secondary N) is 1. The van der Waals surface area contributed by atoms with Crippen molar-refractivity contribution in [2.75, 3.05) is 13.1 Å². The number of hydrogen-bond acceptors (Lipinski definition) is 3. The molecule has 0 amide bonds. The number of aromatic hydroxyl groups is 1. The minimum Gasteiger partial charge on any atom is -0.508 e. The first-order valence-corrected chi connectivity index (χ1v) is 9.78. The topological polar surface area (TPSA) is 52.2 Å². The van der Waals surface area contributed by atoms with Crippen molar-refractivity contribution in [3.8, 4) is 16.9 Å². The Bertz CT molecular complexity index is 937. The number of hydrogen-bond donors (Lipinski definition) is 2. The van der Waals surface area contributed by atoms with Crippen molar-refractivity contribution in [3.63, 3.8) is 0 Å². The molecule has 0 radical (unpaired) electrons. The van der Waals surface area contributed by atoms with Crippen molar-refractivity contribution in [2.24, 2.45) is 0 Å². The van der Waals surface area contributed by atoms with Crippen LogP contribution in [0.5, 0.6) is 5.75 Å². The van der Waals surface area contributed by atoms with E-state index in [1.54, 1.807) is 12.1 Å². The SMILES string of the molecule is Cc1cccc(-c2cn[nH]c2[C@@H]2CCCN(Cc3cc(Cl)ccc3O)C2)c1. The van der Waals surface area contributed by atoms with Gasteiger partial charge in [0, 0.05) is 40.9 Å². The predicted octanol–water partition coefficient (Wildman–Crippen LogP) is 5.12. The number of likely N-dealkylation sites (tertiary alicyclic amines) is 1. The van der Waals surface area contributed by atoms with Crippen LogP contribution in [0.25, 0.3) is 11.1 Å². The van der Waals surface area contributed by atoms with Gasteiger partial charge >= 0.3 is 0 Å². The zero-order valence-corrected chi connectivity index (χ0v) is 16.2. The van der Waals surface area contributed by atoms with Gasteiger partial charge in [0.05, 0.1) is 6.20 Å². The predicted molar refractivity (Wildman–Crippen MR) is 109 cm³/mol. The number of halogens is 1. The van der Waals surface area contributed by atoms with Gasteiger partial charge in [0.2, 0.25) is 0 Å². The van der Waals surface area contributed by atoms with Crippen LogP contribution in [0.2, 0.25) is 5.02 Å². The second kappa shape index (κ2) is 7.75. The molecule has 0 bridgehead atoms. The van der Waals surface area contributed by atoms with Gasteiger partial charge in [-0.25, -0.2) is 0 Å². The summed E-state index contributed by atoms with van der Waals surface area (Å²) in [5.74, 6) is 0.710. The molecule has 2 aromatic carbocycles. The summed E-state index contributed by atoms with van der Waals surface area (Å²) < 4.78 is 0. The highest BCUT2D eigenvalue weighted by atomic mass is 35.5. The fourth-order valence-corrected chi connectivity index (χ4v) is 4.20. The molecule has 5 heteroatoms. The molecule has 3 aromatic rings. The number of phenolic OH excluding ortho intramolecular Hbond substituents is 1. The maximum atomic E-state index is 10.1. The molecular weight excluding hydrogens is 358 g/mol. The van der Waals surface area contributed by atoms with Gasteiger partial charge in [0.1, 0.15) is 5.75 Å². The van der Waals surface area contributed by atoms with Crippen LogP contribution in [0.4, 0.5) is 0 Å². The molecule has 1 aliphatic heterocycles. The first kappa shape index (κ1) is 18.1. The van der Waals surface area contributed by atoms with Crippen molar-refractivity contribution in [1.29, 1.82) is 0 Å². The van der Waals surface area contributed by atoms with Crippen molar-refractivity contribution in [2.45, 2.75) is 32.2 Å². The molecule has 27 heavy (non-hydrogen) atoms. The maximum absolute atomic E-state index is 10.1. The summed E-state index contributed by atoms with van der Waals surface area (Å²) in [4.78, 5) is 2.39. The lowest BCUT2D eigenvalue weighted by molar-refractivity contribution is 0.197. The number of aryl methyl sites for hydroxylation is 1. The van der Waals surface area contributed by atoms with E-state index in [2.05, 4.69) is 46.3 Å². The molecule has 1 atom stereocenters. The van der Waals surface area contributed by atoms with Gasteiger partial charge in [-0.2, -0.15) is 5.10 Å². The fourth-order valence-electron chi connectivity index (χ4n) is 4.01. The Kier molecular flexibility index (Phi) is 5.19. The Hall–Kier alpha value is -2.30. The molecule has 0 saturated carbocycles. The minimum absolute atomic E-state index is 0.309. The lowest BCUT2D eigenvalue weighted by atomic mass is 9.90. The van der Waals surface area contributed by atoms with Crippen LogP contribution >= 0.6 is 11.6 Å². The molecule has 4 rings (SSSR count). The van der Waals surface area contributed by atoms with Gasteiger partial charge in [-0.15, -0.1) is 0 Å². The summed E-state index contributed by atoms with van der Waals surface area (Å²) in [7, 11) is 0. The number of H-pyrrole nitrogens is 1. The van der Waals surface area contributed by atoms with E-state index in [0.717, 1.165) is 31.5 Å². The second-order valence-corrected chi connectivity index (χ2v) is 7.85. The minimum atomic E-state index is 0.309. The zero-order chi connectivity index (χ0) is 18.8. The molecule has 0 unspecified atom stereocenters. The van der Waals surface area contributed by atoms with Crippen molar-refractivity contribution in [1.82, 2.24) is 15.1 Å². The molecule has 2 N–H and O–H groups in total. The molecule has 0 aliphatic carbocycles. The fraction of sp³-hybridized carbons (Fsp3) is 0.318. The molecule has 1 saturated heterocycles. The Labute approximate surface area is 164 Å². The lowest BCUT2D eigenvalue weighted by Crippen LogP contribution is -2.34. The van der Waals surface area contributed by atoms with E-state index in [0.29, 0.717) is 23.2 Å². The molecule has 1 aromatic heterocycles. The van der Waals surface area contributed by atoms with Crippen molar-refractivity contribution >= 4 is 11.6 Å². The number of nitrogens with zero attached hydrogens (tertiary/aromatic N) is 2. The quantitative estimate of drug-likeness (QED) is 0.659. The number of aromatic amines is 1. The highest BCUT2D eigenvalue weighted by molar-refractivity contribution is 6.30. The van der Waals surface area contributed by atoms with E-state index in [-0.39, 0.29) is 0 Å². The number of rotatable bonds is 4. The summed E-state index contributed by atoms with van der Waals surface area (Å²) in [5.41, 5.74) is 5.74. The van der Waals surface area contributed by atoms with E-state index >= 15 is 0 Å². The van der Waals surface area contributed by atoms with Crippen LogP contribution in [-0.2, 0) is 6.54 Å². The zero-order valence-electron chi connectivity index (χ0n) is 15.5. The Morgan fingerprint density at radius 3 is 3.00 bits per heavy atom. The summed E-state index contributed by atoms with van der Waals surface area (Å²) in [6.07, 6.45) is 4.20. The van der Waals surface area contributed by atoms with Crippen LogP contribution in [0.1, 0.15) is 35.6 Å². The maximum Gasteiger partial charge on any atom is 0.120 e. The van der Waals surface area contributed by atoms with E-state index in [1.807, 2.05) is 12.3 Å². The van der Waals surface area contributed by atoms with Crippen LogP contribution in [0.15, 0.2) is 48.7 Å². The molecule has 1 aliphatic rings. The van der Waals surface area contributed by atoms with E-state index < -0.39 is 0 Å². The summed E-state index contributed by atoms with van der Waals surface area (Å²) >= 11 is 6.10. The third-order valence-corrected chi connectivity index (χ3v) is 5.58.